The Bertz CT molecular complexity index is 380. The molecule has 1 rings (SSSR count). The van der Waals surface area contributed by atoms with Gasteiger partial charge in [0.2, 0.25) is 0 Å². The predicted molar refractivity (Wildman–Crippen MR) is 53.4 cm³/mol. The highest BCUT2D eigenvalue weighted by molar-refractivity contribution is 6.33. The van der Waals surface area contributed by atoms with E-state index in [9.17, 15) is 8.78 Å². The fraction of sp³-hybridized carbons (Fsp3) is 0.125. The van der Waals surface area contributed by atoms with Gasteiger partial charge in [0.1, 0.15) is 22.4 Å². The second-order valence-corrected chi connectivity index (χ2v) is 3.07. The second kappa shape index (κ2) is 4.57. The molecule has 6 heteroatoms. The van der Waals surface area contributed by atoms with E-state index < -0.39 is 16.7 Å². The lowest BCUT2D eigenvalue weighted by Crippen LogP contribution is -2.12. The van der Waals surface area contributed by atoms with Gasteiger partial charge in [-0.25, -0.2) is 13.8 Å². The van der Waals surface area contributed by atoms with E-state index in [1.807, 2.05) is 0 Å². The van der Waals surface area contributed by atoms with E-state index in [2.05, 4.69) is 4.99 Å². The number of hydrogen-bond acceptors (Lipinski definition) is 1. The summed E-state index contributed by atoms with van der Waals surface area (Å²) in [6.45, 7) is 0. The zero-order chi connectivity index (χ0) is 10.7. The van der Waals surface area contributed by atoms with E-state index in [4.69, 9.17) is 28.9 Å². The summed E-state index contributed by atoms with van der Waals surface area (Å²) in [6, 6.07) is 1.83. The summed E-state index contributed by atoms with van der Waals surface area (Å²) in [5.74, 6) is -1.61. The molecule has 1 aromatic carbocycles. The number of hydrogen-bond donors (Lipinski definition) is 1. The highest BCUT2D eigenvalue weighted by Gasteiger charge is 2.11. The topological polar surface area (TPSA) is 38.4 Å². The van der Waals surface area contributed by atoms with E-state index in [1.165, 1.54) is 0 Å². The first-order valence-corrected chi connectivity index (χ1v) is 4.50. The maximum Gasteiger partial charge on any atom is 0.150 e. The van der Waals surface area contributed by atoms with E-state index in [0.29, 0.717) is 0 Å². The summed E-state index contributed by atoms with van der Waals surface area (Å²) in [7, 11) is 0. The zero-order valence-corrected chi connectivity index (χ0v) is 8.41. The molecule has 0 radical (unpaired) electrons. The molecule has 0 aromatic heterocycles. The zero-order valence-electron chi connectivity index (χ0n) is 6.90. The SMILES string of the molecule is NC(CCl)=Nc1c(F)ccc(F)c1Cl. The Hall–Kier alpha value is -0.870. The Morgan fingerprint density at radius 1 is 1.36 bits per heavy atom. The van der Waals surface area contributed by atoms with Crippen LogP contribution in [0.3, 0.4) is 0 Å². The summed E-state index contributed by atoms with van der Waals surface area (Å²) in [5, 5.41) is -0.405. The molecule has 0 spiro atoms. The Labute approximate surface area is 89.3 Å². The summed E-state index contributed by atoms with van der Waals surface area (Å²) in [6.07, 6.45) is 0. The van der Waals surface area contributed by atoms with Crippen LogP contribution in [0.4, 0.5) is 14.5 Å². The van der Waals surface area contributed by atoms with E-state index in [-0.39, 0.29) is 17.4 Å². The number of alkyl halides is 1. The maximum absolute atomic E-state index is 13.1. The lowest BCUT2D eigenvalue weighted by Gasteiger charge is -2.02. The molecular weight excluding hydrogens is 233 g/mol. The fourth-order valence-corrected chi connectivity index (χ4v) is 1.05. The van der Waals surface area contributed by atoms with Crippen LogP contribution in [0.1, 0.15) is 0 Å². The van der Waals surface area contributed by atoms with E-state index in [1.54, 1.807) is 0 Å². The molecule has 0 aliphatic rings. The van der Waals surface area contributed by atoms with Gasteiger partial charge in [0.25, 0.3) is 0 Å². The monoisotopic (exact) mass is 238 g/mol. The van der Waals surface area contributed by atoms with E-state index >= 15 is 0 Å². The van der Waals surface area contributed by atoms with Crippen LogP contribution in [-0.4, -0.2) is 11.7 Å². The van der Waals surface area contributed by atoms with Gasteiger partial charge in [0.15, 0.2) is 5.82 Å². The van der Waals surface area contributed by atoms with Gasteiger partial charge in [0.05, 0.1) is 5.88 Å². The first kappa shape index (κ1) is 11.2. The second-order valence-electron chi connectivity index (χ2n) is 2.43. The molecule has 2 N–H and O–H groups in total. The van der Waals surface area contributed by atoms with Gasteiger partial charge < -0.3 is 5.73 Å². The Morgan fingerprint density at radius 3 is 2.50 bits per heavy atom. The van der Waals surface area contributed by atoms with Crippen molar-refractivity contribution in [3.8, 4) is 0 Å². The van der Waals surface area contributed by atoms with Gasteiger partial charge in [-0.2, -0.15) is 0 Å². The van der Waals surface area contributed by atoms with Crippen LogP contribution < -0.4 is 5.73 Å². The first-order chi connectivity index (χ1) is 6.56. The number of halogens is 4. The van der Waals surface area contributed by atoms with Crippen molar-refractivity contribution in [3.63, 3.8) is 0 Å². The Morgan fingerprint density at radius 2 is 1.93 bits per heavy atom. The molecule has 0 heterocycles. The number of benzene rings is 1. The van der Waals surface area contributed by atoms with Crippen LogP contribution >= 0.6 is 23.2 Å². The van der Waals surface area contributed by atoms with Crippen molar-refractivity contribution in [2.75, 3.05) is 5.88 Å². The number of amidine groups is 1. The molecule has 0 aliphatic carbocycles. The summed E-state index contributed by atoms with van der Waals surface area (Å²) in [5.41, 5.74) is 4.93. The lowest BCUT2D eigenvalue weighted by molar-refractivity contribution is 0.602. The van der Waals surface area contributed by atoms with Crippen molar-refractivity contribution in [3.05, 3.63) is 28.8 Å². The third-order valence-corrected chi connectivity index (χ3v) is 2.05. The molecule has 1 aromatic rings. The lowest BCUT2D eigenvalue weighted by atomic mass is 10.3. The highest BCUT2D eigenvalue weighted by atomic mass is 35.5. The van der Waals surface area contributed by atoms with Gasteiger partial charge in [0, 0.05) is 0 Å². The molecule has 76 valence electrons. The minimum atomic E-state index is -0.755. The number of rotatable bonds is 2. The van der Waals surface area contributed by atoms with Gasteiger partial charge >= 0.3 is 0 Å². The van der Waals surface area contributed by atoms with Crippen molar-refractivity contribution in [1.82, 2.24) is 0 Å². The van der Waals surface area contributed by atoms with Crippen molar-refractivity contribution in [2.24, 2.45) is 10.7 Å². The normalized spacial score (nSPS) is 11.9. The van der Waals surface area contributed by atoms with Crippen LogP contribution in [0.15, 0.2) is 17.1 Å². The molecule has 0 bridgehead atoms. The molecule has 14 heavy (non-hydrogen) atoms. The van der Waals surface area contributed by atoms with Gasteiger partial charge in [-0.15, -0.1) is 11.6 Å². The Balaban J connectivity index is 3.26. The van der Waals surface area contributed by atoms with Crippen molar-refractivity contribution < 1.29 is 8.78 Å². The van der Waals surface area contributed by atoms with Crippen molar-refractivity contribution in [2.45, 2.75) is 0 Å². The van der Waals surface area contributed by atoms with Crippen LogP contribution in [-0.2, 0) is 0 Å². The molecule has 0 amide bonds. The van der Waals surface area contributed by atoms with Crippen LogP contribution in [0.2, 0.25) is 5.02 Å². The first-order valence-electron chi connectivity index (χ1n) is 3.58. The molecule has 0 saturated carbocycles. The van der Waals surface area contributed by atoms with Gasteiger partial charge in [-0.3, -0.25) is 0 Å². The standard InChI is InChI=1S/C8H6Cl2F2N2/c9-3-6(13)14-8-5(12)2-1-4(11)7(8)10/h1-2H,3H2,(H2,13,14). The molecule has 0 fully saturated rings. The quantitative estimate of drug-likeness (QED) is 0.366. The molecule has 0 aliphatic heterocycles. The average Bonchev–Trinajstić information content (AvgIpc) is 2.18. The smallest absolute Gasteiger partial charge is 0.150 e. The van der Waals surface area contributed by atoms with Gasteiger partial charge in [-0.05, 0) is 12.1 Å². The Kier molecular flexibility index (Phi) is 3.66. The van der Waals surface area contributed by atoms with Crippen molar-refractivity contribution in [1.29, 1.82) is 0 Å². The van der Waals surface area contributed by atoms with Gasteiger partial charge in [-0.1, -0.05) is 11.6 Å². The molecule has 0 unspecified atom stereocenters. The molecular formula is C8H6Cl2F2N2. The predicted octanol–water partition coefficient (Wildman–Crippen LogP) is 2.85. The fourth-order valence-electron chi connectivity index (χ4n) is 0.792. The van der Waals surface area contributed by atoms with Crippen LogP contribution in [0.5, 0.6) is 0 Å². The minimum Gasteiger partial charge on any atom is -0.386 e. The molecule has 0 atom stereocenters. The average molecular weight is 239 g/mol. The summed E-state index contributed by atoms with van der Waals surface area (Å²) < 4.78 is 25.9. The van der Waals surface area contributed by atoms with Crippen LogP contribution in [0, 0.1) is 11.6 Å². The van der Waals surface area contributed by atoms with Crippen LogP contribution in [0.25, 0.3) is 0 Å². The summed E-state index contributed by atoms with van der Waals surface area (Å²) in [4.78, 5) is 3.55. The number of nitrogens with zero attached hydrogens (tertiary/aromatic N) is 1. The van der Waals surface area contributed by atoms with Crippen molar-refractivity contribution >= 4 is 34.7 Å². The number of nitrogens with two attached hydrogens (primary N) is 1. The molecule has 2 nitrogen and oxygen atoms in total. The summed E-state index contributed by atoms with van der Waals surface area (Å²) >= 11 is 10.8. The number of aliphatic imine (C=N–C) groups is 1. The third kappa shape index (κ3) is 2.33. The maximum atomic E-state index is 13.1. The highest BCUT2D eigenvalue weighted by Crippen LogP contribution is 2.30. The largest absolute Gasteiger partial charge is 0.386 e. The molecule has 0 saturated heterocycles. The minimum absolute atomic E-state index is 0.0296. The van der Waals surface area contributed by atoms with E-state index in [0.717, 1.165) is 12.1 Å². The third-order valence-electron chi connectivity index (χ3n) is 1.41.